The average molecular weight is 290 g/mol. The molecule has 0 bridgehead atoms. The number of carbonyl (C=O) groups excluding carboxylic acids is 1. The number of ether oxygens (including phenoxy) is 2. The van der Waals surface area contributed by atoms with Crippen molar-refractivity contribution in [3.05, 3.63) is 24.3 Å². The quantitative estimate of drug-likeness (QED) is 0.848. The maximum Gasteiger partial charge on any atom is 0.277 e. The first-order chi connectivity index (χ1) is 10.2. The number of carbonyl (C=O) groups is 1. The van der Waals surface area contributed by atoms with Gasteiger partial charge in [-0.1, -0.05) is 6.92 Å². The second kappa shape index (κ2) is 7.67. The van der Waals surface area contributed by atoms with Crippen LogP contribution in [0.15, 0.2) is 29.4 Å². The molecular weight excluding hydrogens is 268 g/mol. The second-order valence-corrected chi connectivity index (χ2v) is 5.38. The van der Waals surface area contributed by atoms with Crippen molar-refractivity contribution in [1.82, 2.24) is 5.43 Å². The third-order valence-corrected chi connectivity index (χ3v) is 3.51. The molecule has 0 spiro atoms. The number of hydrogen-bond acceptors (Lipinski definition) is 4. The van der Waals surface area contributed by atoms with Gasteiger partial charge in [0.1, 0.15) is 11.5 Å². The first kappa shape index (κ1) is 15.4. The van der Waals surface area contributed by atoms with Crippen molar-refractivity contribution in [2.24, 2.45) is 11.0 Å². The van der Waals surface area contributed by atoms with Gasteiger partial charge in [0.15, 0.2) is 6.61 Å². The fraction of sp³-hybridized carbons (Fsp3) is 0.500. The molecule has 0 heterocycles. The number of amides is 1. The van der Waals surface area contributed by atoms with Crippen LogP contribution in [0.1, 0.15) is 32.6 Å². The van der Waals surface area contributed by atoms with Crippen LogP contribution in [0.4, 0.5) is 0 Å². The minimum Gasteiger partial charge on any atom is -0.497 e. The molecule has 0 unspecified atom stereocenters. The number of rotatable bonds is 5. The van der Waals surface area contributed by atoms with Crippen molar-refractivity contribution in [3.8, 4) is 11.5 Å². The van der Waals surface area contributed by atoms with Gasteiger partial charge in [-0.05, 0) is 55.9 Å². The molecule has 1 aliphatic rings. The molecule has 0 aliphatic heterocycles. The fourth-order valence-electron chi connectivity index (χ4n) is 2.36. The Hall–Kier alpha value is -2.04. The highest BCUT2D eigenvalue weighted by Gasteiger charge is 2.14. The Morgan fingerprint density at radius 1 is 1.33 bits per heavy atom. The summed E-state index contributed by atoms with van der Waals surface area (Å²) in [5, 5.41) is 4.19. The first-order valence-corrected chi connectivity index (χ1v) is 7.28. The summed E-state index contributed by atoms with van der Waals surface area (Å²) in [4.78, 5) is 11.7. The van der Waals surface area contributed by atoms with Crippen LogP contribution in [0.25, 0.3) is 0 Å². The van der Waals surface area contributed by atoms with Gasteiger partial charge in [0.05, 0.1) is 7.11 Å². The Bertz CT molecular complexity index is 497. The smallest absolute Gasteiger partial charge is 0.277 e. The van der Waals surface area contributed by atoms with Gasteiger partial charge in [-0.2, -0.15) is 5.10 Å². The van der Waals surface area contributed by atoms with Gasteiger partial charge in [-0.3, -0.25) is 4.79 Å². The Morgan fingerprint density at radius 3 is 2.71 bits per heavy atom. The van der Waals surface area contributed by atoms with Crippen LogP contribution in [-0.2, 0) is 4.79 Å². The molecule has 1 aromatic carbocycles. The summed E-state index contributed by atoms with van der Waals surface area (Å²) < 4.78 is 10.4. The highest BCUT2D eigenvalue weighted by atomic mass is 16.5. The van der Waals surface area contributed by atoms with E-state index in [2.05, 4.69) is 17.5 Å². The van der Waals surface area contributed by atoms with E-state index in [0.29, 0.717) is 11.7 Å². The molecule has 1 saturated carbocycles. The number of benzene rings is 1. The molecule has 1 aromatic rings. The summed E-state index contributed by atoms with van der Waals surface area (Å²) in [6.07, 6.45) is 4.34. The predicted molar refractivity (Wildman–Crippen MR) is 81.7 cm³/mol. The lowest BCUT2D eigenvalue weighted by molar-refractivity contribution is -0.123. The van der Waals surface area contributed by atoms with Crippen LogP contribution < -0.4 is 14.9 Å². The summed E-state index contributed by atoms with van der Waals surface area (Å²) >= 11 is 0. The zero-order chi connectivity index (χ0) is 15.1. The molecule has 0 saturated heterocycles. The van der Waals surface area contributed by atoms with E-state index < -0.39 is 0 Å². The maximum atomic E-state index is 11.7. The van der Waals surface area contributed by atoms with Crippen molar-refractivity contribution in [3.63, 3.8) is 0 Å². The third kappa shape index (κ3) is 5.10. The lowest BCUT2D eigenvalue weighted by Crippen LogP contribution is -2.27. The van der Waals surface area contributed by atoms with E-state index in [4.69, 9.17) is 9.47 Å². The fourth-order valence-corrected chi connectivity index (χ4v) is 2.36. The van der Waals surface area contributed by atoms with Crippen LogP contribution in [0.2, 0.25) is 0 Å². The Morgan fingerprint density at radius 2 is 2.05 bits per heavy atom. The zero-order valence-corrected chi connectivity index (χ0v) is 12.6. The highest BCUT2D eigenvalue weighted by Crippen LogP contribution is 2.21. The number of hydrogen-bond donors (Lipinski definition) is 1. The first-order valence-electron chi connectivity index (χ1n) is 7.28. The second-order valence-electron chi connectivity index (χ2n) is 5.38. The van der Waals surface area contributed by atoms with Crippen molar-refractivity contribution in [1.29, 1.82) is 0 Å². The SMILES string of the molecule is COc1ccc(OCC(=O)N/N=C2\CCC[C@H](C)C2)cc1. The molecule has 1 atom stereocenters. The van der Waals surface area contributed by atoms with Gasteiger partial charge in [0, 0.05) is 5.71 Å². The summed E-state index contributed by atoms with van der Waals surface area (Å²) in [5.74, 6) is 1.80. The zero-order valence-electron chi connectivity index (χ0n) is 12.6. The van der Waals surface area contributed by atoms with Crippen LogP contribution in [-0.4, -0.2) is 25.3 Å². The predicted octanol–water partition coefficient (Wildman–Crippen LogP) is 2.76. The largest absolute Gasteiger partial charge is 0.497 e. The molecule has 1 aliphatic carbocycles. The van der Waals surface area contributed by atoms with Crippen molar-refractivity contribution < 1.29 is 14.3 Å². The molecule has 5 nitrogen and oxygen atoms in total. The Labute approximate surface area is 125 Å². The topological polar surface area (TPSA) is 59.9 Å². The molecule has 1 fully saturated rings. The molecule has 0 radical (unpaired) electrons. The van der Waals surface area contributed by atoms with Crippen molar-refractivity contribution >= 4 is 11.6 Å². The maximum absolute atomic E-state index is 11.7. The van der Waals surface area contributed by atoms with E-state index in [9.17, 15) is 4.79 Å². The van der Waals surface area contributed by atoms with Crippen LogP contribution in [0.5, 0.6) is 11.5 Å². The minimum atomic E-state index is -0.239. The number of methoxy groups -OCH3 is 1. The van der Waals surface area contributed by atoms with Gasteiger partial charge in [-0.15, -0.1) is 0 Å². The van der Waals surface area contributed by atoms with Gasteiger partial charge in [0.25, 0.3) is 5.91 Å². The lowest BCUT2D eigenvalue weighted by Gasteiger charge is -2.18. The van der Waals surface area contributed by atoms with E-state index in [1.54, 1.807) is 31.4 Å². The highest BCUT2D eigenvalue weighted by molar-refractivity contribution is 5.87. The third-order valence-electron chi connectivity index (χ3n) is 3.51. The van der Waals surface area contributed by atoms with Gasteiger partial charge < -0.3 is 9.47 Å². The number of nitrogens with zero attached hydrogens (tertiary/aromatic N) is 1. The van der Waals surface area contributed by atoms with Gasteiger partial charge in [0.2, 0.25) is 0 Å². The Kier molecular flexibility index (Phi) is 5.60. The summed E-state index contributed by atoms with van der Waals surface area (Å²) in [7, 11) is 1.61. The molecule has 0 aromatic heterocycles. The van der Waals surface area contributed by atoms with Crippen LogP contribution >= 0.6 is 0 Å². The van der Waals surface area contributed by atoms with E-state index >= 15 is 0 Å². The summed E-state index contributed by atoms with van der Waals surface area (Å²) in [5.41, 5.74) is 3.64. The van der Waals surface area contributed by atoms with Crippen LogP contribution in [0.3, 0.4) is 0 Å². The minimum absolute atomic E-state index is 0.0430. The monoisotopic (exact) mass is 290 g/mol. The summed E-state index contributed by atoms with van der Waals surface area (Å²) in [6.45, 7) is 2.17. The van der Waals surface area contributed by atoms with E-state index in [0.717, 1.165) is 30.7 Å². The molecule has 114 valence electrons. The summed E-state index contributed by atoms with van der Waals surface area (Å²) in [6, 6.07) is 7.11. The lowest BCUT2D eigenvalue weighted by atomic mass is 9.89. The molecule has 2 rings (SSSR count). The van der Waals surface area contributed by atoms with Gasteiger partial charge >= 0.3 is 0 Å². The standard InChI is InChI=1S/C16H22N2O3/c1-12-4-3-5-13(10-12)17-18-16(19)11-21-15-8-6-14(20-2)7-9-15/h6-9,12H,3-5,10-11H2,1-2H3,(H,18,19)/b17-13+/t12-/m0/s1. The van der Waals surface area contributed by atoms with Crippen molar-refractivity contribution in [2.45, 2.75) is 32.6 Å². The number of hydrazone groups is 1. The molecule has 1 N–H and O–H groups in total. The van der Waals surface area contributed by atoms with Gasteiger partial charge in [-0.25, -0.2) is 5.43 Å². The Balaban J connectivity index is 1.75. The normalized spacial score (nSPS) is 20.1. The molecule has 1 amide bonds. The van der Waals surface area contributed by atoms with Crippen molar-refractivity contribution in [2.75, 3.05) is 13.7 Å². The average Bonchev–Trinajstić information content (AvgIpc) is 2.51. The van der Waals surface area contributed by atoms with E-state index in [1.165, 1.54) is 6.42 Å². The molecule has 21 heavy (non-hydrogen) atoms. The van der Waals surface area contributed by atoms with E-state index in [1.807, 2.05) is 0 Å². The molecule has 5 heteroatoms. The van der Waals surface area contributed by atoms with Crippen LogP contribution in [0, 0.1) is 5.92 Å². The van der Waals surface area contributed by atoms with E-state index in [-0.39, 0.29) is 12.5 Å². The molecular formula is C16H22N2O3. The number of nitrogens with one attached hydrogen (secondary N) is 1.